The molecule has 4 heterocycles. The van der Waals surface area contributed by atoms with Gasteiger partial charge < -0.3 is 25.6 Å². The third-order valence-electron chi connectivity index (χ3n) is 5.03. The van der Waals surface area contributed by atoms with Gasteiger partial charge in [0.05, 0.1) is 33.4 Å². The summed E-state index contributed by atoms with van der Waals surface area (Å²) in [5.74, 6) is -0.409. The van der Waals surface area contributed by atoms with Gasteiger partial charge >= 0.3 is 5.97 Å². The first-order valence-corrected chi connectivity index (χ1v) is 9.35. The van der Waals surface area contributed by atoms with Crippen LogP contribution < -0.4 is 15.5 Å². The quantitative estimate of drug-likeness (QED) is 0.706. The number of carbonyl (C=O) groups is 1. The van der Waals surface area contributed by atoms with Gasteiger partial charge in [0.25, 0.3) is 0 Å². The number of aromatic amines is 1. The van der Waals surface area contributed by atoms with E-state index < -0.39 is 5.97 Å². The first kappa shape index (κ1) is 17.1. The molecule has 2 aromatic rings. The second kappa shape index (κ2) is 6.77. The number of nitrogens with two attached hydrogens (primary N) is 1. The van der Waals surface area contributed by atoms with Crippen LogP contribution in [0.25, 0.3) is 11.0 Å². The smallest absolute Gasteiger partial charge is 0.333 e. The summed E-state index contributed by atoms with van der Waals surface area (Å²) < 4.78 is 0.929. The Morgan fingerprint density at radius 2 is 2.35 bits per heavy atom. The number of hydrogen-bond donors (Lipinski definition) is 3. The molecule has 8 heteroatoms. The summed E-state index contributed by atoms with van der Waals surface area (Å²) >= 11 is 3.66. The van der Waals surface area contributed by atoms with Crippen LogP contribution in [0.5, 0.6) is 0 Å². The largest absolute Gasteiger partial charge is 0.478 e. The van der Waals surface area contributed by atoms with Crippen molar-refractivity contribution in [1.29, 1.82) is 0 Å². The molecule has 7 nitrogen and oxygen atoms in total. The van der Waals surface area contributed by atoms with Crippen LogP contribution in [-0.4, -0.2) is 47.2 Å². The van der Waals surface area contributed by atoms with E-state index in [0.29, 0.717) is 24.6 Å². The van der Waals surface area contributed by atoms with Crippen LogP contribution in [0.3, 0.4) is 0 Å². The number of halogens is 1. The van der Waals surface area contributed by atoms with E-state index >= 15 is 0 Å². The van der Waals surface area contributed by atoms with Crippen molar-refractivity contribution in [3.05, 3.63) is 40.8 Å². The monoisotopic (exact) mass is 417 g/mol. The summed E-state index contributed by atoms with van der Waals surface area (Å²) in [5.41, 5.74) is 9.01. The highest BCUT2D eigenvalue weighted by Gasteiger charge is 2.27. The molecule has 1 atom stereocenters. The second-order valence-corrected chi connectivity index (χ2v) is 7.51. The van der Waals surface area contributed by atoms with Gasteiger partial charge in [0.1, 0.15) is 5.65 Å². The highest BCUT2D eigenvalue weighted by molar-refractivity contribution is 9.10. The summed E-state index contributed by atoms with van der Waals surface area (Å²) in [6, 6.07) is 0. The number of anilines is 2. The molecule has 136 valence electrons. The van der Waals surface area contributed by atoms with Gasteiger partial charge in [0.15, 0.2) is 0 Å². The minimum atomic E-state index is -0.899. The molecule has 4 N–H and O–H groups in total. The molecule has 1 fully saturated rings. The number of carboxylic acids is 1. The normalized spacial score (nSPS) is 20.1. The van der Waals surface area contributed by atoms with Gasteiger partial charge in [-0.15, -0.1) is 0 Å². The first-order valence-electron chi connectivity index (χ1n) is 8.56. The van der Waals surface area contributed by atoms with Crippen molar-refractivity contribution in [3.63, 3.8) is 0 Å². The third-order valence-corrected chi connectivity index (χ3v) is 5.61. The fourth-order valence-electron chi connectivity index (χ4n) is 3.66. The number of aromatic nitrogens is 2. The average molecular weight is 418 g/mol. The maximum Gasteiger partial charge on any atom is 0.333 e. The molecule has 4 rings (SSSR count). The molecular weight excluding hydrogens is 398 g/mol. The summed E-state index contributed by atoms with van der Waals surface area (Å²) in [6.45, 7) is 2.86. The zero-order chi connectivity index (χ0) is 18.3. The highest BCUT2D eigenvalue weighted by Crippen LogP contribution is 2.41. The van der Waals surface area contributed by atoms with Crippen molar-refractivity contribution in [3.8, 4) is 0 Å². The number of allylic oxidation sites excluding steroid dienone is 2. The lowest BCUT2D eigenvalue weighted by Crippen LogP contribution is -2.26. The number of aliphatic carboxylic acids is 1. The van der Waals surface area contributed by atoms with Crippen molar-refractivity contribution in [2.45, 2.75) is 6.42 Å². The zero-order valence-corrected chi connectivity index (χ0v) is 15.7. The van der Waals surface area contributed by atoms with Gasteiger partial charge in [0.2, 0.25) is 0 Å². The molecule has 0 bridgehead atoms. The molecular formula is C18H20BrN5O2. The van der Waals surface area contributed by atoms with Crippen molar-refractivity contribution in [2.75, 3.05) is 36.0 Å². The van der Waals surface area contributed by atoms with Gasteiger partial charge in [-0.1, -0.05) is 0 Å². The maximum absolute atomic E-state index is 11.4. The number of fused-ring (bicyclic) bond motifs is 1. The van der Waals surface area contributed by atoms with Crippen LogP contribution in [0.2, 0.25) is 0 Å². The number of carboxylic acid groups (broad SMARTS) is 1. The lowest BCUT2D eigenvalue weighted by atomic mass is 10.1. The fraction of sp³-hybridized carbons (Fsp3) is 0.333. The minimum absolute atomic E-state index is 0.316. The SMILES string of the molecule is NC[C@@H]1CCN(c2c(Br)cnc3[nH]cc(N4C=CC=C(C(=O)O)C4)c23)C1. The number of H-pyrrole nitrogens is 1. The highest BCUT2D eigenvalue weighted by atomic mass is 79.9. The van der Waals surface area contributed by atoms with Gasteiger partial charge in [-0.25, -0.2) is 9.78 Å². The molecule has 0 aromatic carbocycles. The minimum Gasteiger partial charge on any atom is -0.478 e. The Balaban J connectivity index is 1.78. The number of nitrogens with one attached hydrogen (secondary N) is 1. The van der Waals surface area contributed by atoms with Gasteiger partial charge in [0, 0.05) is 31.7 Å². The summed E-state index contributed by atoms with van der Waals surface area (Å²) in [4.78, 5) is 23.3. The number of rotatable bonds is 4. The van der Waals surface area contributed by atoms with E-state index in [9.17, 15) is 9.90 Å². The van der Waals surface area contributed by atoms with Crippen molar-refractivity contribution in [2.24, 2.45) is 11.7 Å². The van der Waals surface area contributed by atoms with E-state index in [4.69, 9.17) is 5.73 Å². The van der Waals surface area contributed by atoms with E-state index in [1.54, 1.807) is 12.2 Å². The molecule has 2 aliphatic rings. The second-order valence-electron chi connectivity index (χ2n) is 6.66. The predicted molar refractivity (Wildman–Crippen MR) is 105 cm³/mol. The van der Waals surface area contributed by atoms with Crippen LogP contribution in [0.15, 0.2) is 40.8 Å². The number of pyridine rings is 1. The molecule has 0 radical (unpaired) electrons. The van der Waals surface area contributed by atoms with E-state index in [1.807, 2.05) is 23.5 Å². The predicted octanol–water partition coefficient (Wildman–Crippen LogP) is 2.46. The van der Waals surface area contributed by atoms with Crippen LogP contribution in [0.1, 0.15) is 6.42 Å². The lowest BCUT2D eigenvalue weighted by Gasteiger charge is -2.26. The molecule has 0 spiro atoms. The molecule has 0 aliphatic carbocycles. The van der Waals surface area contributed by atoms with Crippen LogP contribution in [0.4, 0.5) is 11.4 Å². The Morgan fingerprint density at radius 1 is 1.50 bits per heavy atom. The van der Waals surface area contributed by atoms with E-state index in [-0.39, 0.29) is 0 Å². The Hall–Kier alpha value is -2.32. The van der Waals surface area contributed by atoms with Crippen molar-refractivity contribution in [1.82, 2.24) is 9.97 Å². The molecule has 2 aliphatic heterocycles. The standard InChI is InChI=1S/C18H20BrN5O2/c19-13-7-21-17-15(16(13)24-5-3-11(6-20)9-24)14(8-22-17)23-4-1-2-12(10-23)18(25)26/h1-2,4,7-8,11H,3,5-6,9-10,20H2,(H,21,22)(H,25,26)/t11-/m0/s1. The van der Waals surface area contributed by atoms with Gasteiger partial charge in [-0.3, -0.25) is 0 Å². The maximum atomic E-state index is 11.4. The number of nitrogens with zero attached hydrogens (tertiary/aromatic N) is 3. The van der Waals surface area contributed by atoms with Gasteiger partial charge in [-0.2, -0.15) is 0 Å². The third kappa shape index (κ3) is 2.89. The van der Waals surface area contributed by atoms with E-state index in [1.165, 1.54) is 0 Å². The topological polar surface area (TPSA) is 98.5 Å². The van der Waals surface area contributed by atoms with Crippen molar-refractivity contribution < 1.29 is 9.90 Å². The fourth-order valence-corrected chi connectivity index (χ4v) is 4.21. The Kier molecular flexibility index (Phi) is 4.46. The molecule has 1 saturated heterocycles. The van der Waals surface area contributed by atoms with Gasteiger partial charge in [-0.05, 0) is 47.0 Å². The van der Waals surface area contributed by atoms with Crippen LogP contribution >= 0.6 is 15.9 Å². The van der Waals surface area contributed by atoms with E-state index in [0.717, 1.165) is 46.4 Å². The van der Waals surface area contributed by atoms with E-state index in [2.05, 4.69) is 30.8 Å². The Labute approximate surface area is 159 Å². The molecule has 26 heavy (non-hydrogen) atoms. The number of hydrogen-bond acceptors (Lipinski definition) is 5. The van der Waals surface area contributed by atoms with Crippen molar-refractivity contribution >= 4 is 44.3 Å². The summed E-state index contributed by atoms with van der Waals surface area (Å²) in [5, 5.41) is 10.3. The average Bonchev–Trinajstić information content (AvgIpc) is 3.28. The van der Waals surface area contributed by atoms with Crippen LogP contribution in [0, 0.1) is 5.92 Å². The lowest BCUT2D eigenvalue weighted by molar-refractivity contribution is -0.132. The zero-order valence-electron chi connectivity index (χ0n) is 14.2. The molecule has 0 amide bonds. The molecule has 0 unspecified atom stereocenters. The summed E-state index contributed by atoms with van der Waals surface area (Å²) in [7, 11) is 0. The first-order chi connectivity index (χ1) is 12.6. The Morgan fingerprint density at radius 3 is 3.08 bits per heavy atom. The molecule has 2 aromatic heterocycles. The van der Waals surface area contributed by atoms with Crippen LogP contribution in [-0.2, 0) is 4.79 Å². The molecule has 0 saturated carbocycles. The Bertz CT molecular complexity index is 920. The summed E-state index contributed by atoms with van der Waals surface area (Å²) in [6.07, 6.45) is 10.1.